The van der Waals surface area contributed by atoms with E-state index in [1.807, 2.05) is 38.1 Å². The Labute approximate surface area is 149 Å². The van der Waals surface area contributed by atoms with Gasteiger partial charge >= 0.3 is 6.09 Å². The highest BCUT2D eigenvalue weighted by molar-refractivity contribution is 5.69. The van der Waals surface area contributed by atoms with E-state index in [1.54, 1.807) is 4.90 Å². The van der Waals surface area contributed by atoms with Gasteiger partial charge in [-0.15, -0.1) is 0 Å². The van der Waals surface area contributed by atoms with Crippen LogP contribution in [0.1, 0.15) is 57.6 Å². The Morgan fingerprint density at radius 2 is 2.04 bits per heavy atom. The Morgan fingerprint density at radius 3 is 2.80 bits per heavy atom. The number of piperidine rings is 1. The van der Waals surface area contributed by atoms with Crippen LogP contribution >= 0.6 is 0 Å². The van der Waals surface area contributed by atoms with Crippen molar-refractivity contribution in [3.8, 4) is 5.75 Å². The second-order valence-corrected chi connectivity index (χ2v) is 7.01. The van der Waals surface area contributed by atoms with Gasteiger partial charge in [0.15, 0.2) is 0 Å². The Balaban J connectivity index is 2.02. The molecule has 5 heteroatoms. The summed E-state index contributed by atoms with van der Waals surface area (Å²) in [6, 6.07) is 7.67. The van der Waals surface area contributed by atoms with Crippen LogP contribution in [0, 0.1) is 5.92 Å². The Kier molecular flexibility index (Phi) is 5.52. The van der Waals surface area contributed by atoms with Gasteiger partial charge in [0, 0.05) is 18.0 Å². The number of nitrogens with zero attached hydrogens (tertiary/aromatic N) is 1. The van der Waals surface area contributed by atoms with E-state index in [-0.39, 0.29) is 18.1 Å². The normalized spacial score (nSPS) is 29.0. The quantitative estimate of drug-likeness (QED) is 0.897. The number of amides is 1. The molecule has 5 nitrogen and oxygen atoms in total. The van der Waals surface area contributed by atoms with E-state index in [1.165, 1.54) is 0 Å². The number of likely N-dealkylation sites (tertiary alicyclic amines) is 1. The van der Waals surface area contributed by atoms with Crippen LogP contribution in [0.4, 0.5) is 4.79 Å². The van der Waals surface area contributed by atoms with Crippen molar-refractivity contribution >= 4 is 6.09 Å². The van der Waals surface area contributed by atoms with E-state index in [0.29, 0.717) is 26.2 Å². The number of para-hydroxylation sites is 1. The molecule has 1 N–H and O–H groups in total. The number of hydrogen-bond donors (Lipinski definition) is 1. The van der Waals surface area contributed by atoms with Crippen molar-refractivity contribution in [3.63, 3.8) is 0 Å². The topological polar surface area (TPSA) is 59.0 Å². The van der Waals surface area contributed by atoms with Crippen LogP contribution in [0.2, 0.25) is 0 Å². The molecule has 1 aliphatic heterocycles. The number of ether oxygens (including phenoxy) is 2. The SMILES string of the molecule is CCOC(=O)N1CC[C@@]2(O)CCCC[C@@H]2[C@H]1c1ccccc1OCC. The lowest BCUT2D eigenvalue weighted by molar-refractivity contribution is -0.118. The average molecular weight is 347 g/mol. The first-order valence-electron chi connectivity index (χ1n) is 9.48. The number of carbonyl (C=O) groups is 1. The largest absolute Gasteiger partial charge is 0.494 e. The van der Waals surface area contributed by atoms with Crippen molar-refractivity contribution in [3.05, 3.63) is 29.8 Å². The maximum absolute atomic E-state index is 12.6. The van der Waals surface area contributed by atoms with Crippen molar-refractivity contribution in [2.24, 2.45) is 5.92 Å². The van der Waals surface area contributed by atoms with Crippen LogP contribution in [-0.2, 0) is 4.74 Å². The van der Waals surface area contributed by atoms with Gasteiger partial charge in [-0.2, -0.15) is 0 Å². The van der Waals surface area contributed by atoms with Gasteiger partial charge in [0.1, 0.15) is 5.75 Å². The van der Waals surface area contributed by atoms with E-state index in [0.717, 1.165) is 37.0 Å². The molecule has 1 aromatic carbocycles. The molecule has 2 aliphatic rings. The Hall–Kier alpha value is -1.75. The molecule has 0 bridgehead atoms. The Bertz CT molecular complexity index is 605. The first-order valence-corrected chi connectivity index (χ1v) is 9.48. The van der Waals surface area contributed by atoms with Gasteiger partial charge in [0.05, 0.1) is 24.9 Å². The smallest absolute Gasteiger partial charge is 0.410 e. The molecule has 25 heavy (non-hydrogen) atoms. The minimum Gasteiger partial charge on any atom is -0.494 e. The van der Waals surface area contributed by atoms with Crippen LogP contribution in [0.25, 0.3) is 0 Å². The fourth-order valence-corrected chi connectivity index (χ4v) is 4.49. The monoisotopic (exact) mass is 347 g/mol. The molecule has 1 amide bonds. The van der Waals surface area contributed by atoms with Crippen molar-refractivity contribution in [2.75, 3.05) is 19.8 Å². The minimum absolute atomic E-state index is 0.0148. The molecule has 1 saturated heterocycles. The van der Waals surface area contributed by atoms with Crippen LogP contribution < -0.4 is 4.74 Å². The summed E-state index contributed by atoms with van der Waals surface area (Å²) in [5, 5.41) is 11.3. The van der Waals surface area contributed by atoms with E-state index in [9.17, 15) is 9.90 Å². The van der Waals surface area contributed by atoms with Gasteiger partial charge in [-0.1, -0.05) is 31.0 Å². The highest BCUT2D eigenvalue weighted by Crippen LogP contribution is 2.50. The number of carbonyl (C=O) groups excluding carboxylic acids is 1. The molecule has 1 saturated carbocycles. The zero-order chi connectivity index (χ0) is 17.9. The lowest BCUT2D eigenvalue weighted by Crippen LogP contribution is -2.56. The van der Waals surface area contributed by atoms with E-state index in [4.69, 9.17) is 9.47 Å². The molecule has 1 aliphatic carbocycles. The number of aliphatic hydroxyl groups is 1. The summed E-state index contributed by atoms with van der Waals surface area (Å²) in [5.74, 6) is 0.806. The van der Waals surface area contributed by atoms with E-state index >= 15 is 0 Å². The molecule has 138 valence electrons. The maximum atomic E-state index is 12.6. The average Bonchev–Trinajstić information content (AvgIpc) is 2.61. The second-order valence-electron chi connectivity index (χ2n) is 7.01. The summed E-state index contributed by atoms with van der Waals surface area (Å²) in [5.41, 5.74) is 0.271. The molecule has 1 heterocycles. The summed E-state index contributed by atoms with van der Waals surface area (Å²) < 4.78 is 11.1. The summed E-state index contributed by atoms with van der Waals surface area (Å²) >= 11 is 0. The zero-order valence-corrected chi connectivity index (χ0v) is 15.2. The van der Waals surface area contributed by atoms with Gasteiger partial charge in [0.25, 0.3) is 0 Å². The third kappa shape index (κ3) is 3.47. The molecular formula is C20H29NO4. The van der Waals surface area contributed by atoms with Gasteiger partial charge in [0.2, 0.25) is 0 Å². The highest BCUT2D eigenvalue weighted by atomic mass is 16.6. The summed E-state index contributed by atoms with van der Waals surface area (Å²) in [7, 11) is 0. The molecule has 0 unspecified atom stereocenters. The van der Waals surface area contributed by atoms with Gasteiger partial charge < -0.3 is 19.5 Å². The molecule has 0 spiro atoms. The van der Waals surface area contributed by atoms with Crippen molar-refractivity contribution in [1.82, 2.24) is 4.90 Å². The summed E-state index contributed by atoms with van der Waals surface area (Å²) in [6.07, 6.45) is 4.16. The van der Waals surface area contributed by atoms with Gasteiger partial charge in [-0.25, -0.2) is 4.79 Å². The number of fused-ring (bicyclic) bond motifs is 1. The third-order valence-corrected chi connectivity index (χ3v) is 5.61. The van der Waals surface area contributed by atoms with Crippen molar-refractivity contribution in [2.45, 2.75) is 57.6 Å². The van der Waals surface area contributed by atoms with Crippen LogP contribution in [0.15, 0.2) is 24.3 Å². The predicted molar refractivity (Wildman–Crippen MR) is 95.6 cm³/mol. The number of benzene rings is 1. The fraction of sp³-hybridized carbons (Fsp3) is 0.650. The predicted octanol–water partition coefficient (Wildman–Crippen LogP) is 3.91. The number of hydrogen-bond acceptors (Lipinski definition) is 4. The van der Waals surface area contributed by atoms with Crippen molar-refractivity contribution in [1.29, 1.82) is 0 Å². The first-order chi connectivity index (χ1) is 12.1. The van der Waals surface area contributed by atoms with Crippen molar-refractivity contribution < 1.29 is 19.4 Å². The maximum Gasteiger partial charge on any atom is 0.410 e. The standard InChI is InChI=1S/C20H29NO4/c1-3-24-17-11-6-5-9-15(17)18-16-10-7-8-12-20(16,23)13-14-21(18)19(22)25-4-2/h5-6,9,11,16,18,23H,3-4,7-8,10,12-14H2,1-2H3/t16-,18-,20+/m1/s1. The fourth-order valence-electron chi connectivity index (χ4n) is 4.49. The lowest BCUT2D eigenvalue weighted by Gasteiger charge is -2.52. The second kappa shape index (κ2) is 7.65. The Morgan fingerprint density at radius 1 is 1.24 bits per heavy atom. The third-order valence-electron chi connectivity index (χ3n) is 5.61. The minimum atomic E-state index is -0.703. The van der Waals surface area contributed by atoms with Gasteiger partial charge in [-0.3, -0.25) is 0 Å². The van der Waals surface area contributed by atoms with Gasteiger partial charge in [-0.05, 0) is 39.2 Å². The molecule has 1 aromatic rings. The van der Waals surface area contributed by atoms with Crippen LogP contribution in [-0.4, -0.2) is 41.5 Å². The van der Waals surface area contributed by atoms with Crippen LogP contribution in [0.5, 0.6) is 5.75 Å². The molecule has 2 fully saturated rings. The highest BCUT2D eigenvalue weighted by Gasteiger charge is 2.51. The molecule has 0 radical (unpaired) electrons. The molecular weight excluding hydrogens is 318 g/mol. The summed E-state index contributed by atoms with van der Waals surface area (Å²) in [4.78, 5) is 14.4. The van der Waals surface area contributed by atoms with E-state index in [2.05, 4.69) is 0 Å². The zero-order valence-electron chi connectivity index (χ0n) is 15.2. The van der Waals surface area contributed by atoms with Crippen LogP contribution in [0.3, 0.4) is 0 Å². The first kappa shape index (κ1) is 18.1. The molecule has 3 atom stereocenters. The van der Waals surface area contributed by atoms with E-state index < -0.39 is 5.60 Å². The summed E-state index contributed by atoms with van der Waals surface area (Å²) in [6.45, 7) is 5.21. The number of rotatable bonds is 4. The molecule has 3 rings (SSSR count). The lowest BCUT2D eigenvalue weighted by atomic mass is 9.66. The molecule has 0 aromatic heterocycles.